The minimum absolute atomic E-state index is 0. The van der Waals surface area contributed by atoms with E-state index in [1.807, 2.05) is 6.20 Å². The third-order valence-corrected chi connectivity index (χ3v) is 5.40. The van der Waals surface area contributed by atoms with E-state index in [2.05, 4.69) is 14.8 Å². The number of hydrogen-bond donors (Lipinski definition) is 1. The molecule has 1 aromatic heterocycles. The average molecular weight is 345 g/mol. The zero-order chi connectivity index (χ0) is 14.7. The number of nitrogens with zero attached hydrogens (tertiary/aromatic N) is 3. The van der Waals surface area contributed by atoms with Crippen LogP contribution in [0.3, 0.4) is 0 Å². The fourth-order valence-electron chi connectivity index (χ4n) is 3.35. The Balaban J connectivity index is 0.00000176. The number of piperazine rings is 1. The van der Waals surface area contributed by atoms with Gasteiger partial charge in [0.2, 0.25) is 5.91 Å². The van der Waals surface area contributed by atoms with Gasteiger partial charge in [-0.1, -0.05) is 19.3 Å². The van der Waals surface area contributed by atoms with Gasteiger partial charge in [0.15, 0.2) is 5.13 Å². The molecule has 7 heteroatoms. The Bertz CT molecular complexity index is 482. The van der Waals surface area contributed by atoms with Crippen molar-refractivity contribution in [1.82, 2.24) is 14.8 Å². The summed E-state index contributed by atoms with van der Waals surface area (Å²) in [5.41, 5.74) is 5.66. The van der Waals surface area contributed by atoms with Crippen molar-refractivity contribution in [1.29, 1.82) is 0 Å². The molecule has 0 aromatic carbocycles. The van der Waals surface area contributed by atoms with Gasteiger partial charge in [-0.05, 0) is 12.8 Å². The summed E-state index contributed by atoms with van der Waals surface area (Å²) in [6, 6.07) is 0. The van der Waals surface area contributed by atoms with Gasteiger partial charge < -0.3 is 10.6 Å². The minimum Gasteiger partial charge on any atom is -0.375 e. The number of carbonyl (C=O) groups is 1. The first-order valence-corrected chi connectivity index (χ1v) is 8.75. The molecule has 0 radical (unpaired) electrons. The lowest BCUT2D eigenvalue weighted by Gasteiger charge is -2.37. The van der Waals surface area contributed by atoms with E-state index >= 15 is 0 Å². The standard InChI is InChI=1S/C15H24N4OS.ClH/c16-15-17-10-13(21-15)11-18-6-8-19(9-7-18)14(20)12-4-2-1-3-5-12;/h10,12H,1-9,11H2,(H2,16,17);1H. The van der Waals surface area contributed by atoms with Gasteiger partial charge in [0.25, 0.3) is 0 Å². The molecule has 2 fully saturated rings. The quantitative estimate of drug-likeness (QED) is 0.914. The van der Waals surface area contributed by atoms with E-state index in [1.165, 1.54) is 24.1 Å². The summed E-state index contributed by atoms with van der Waals surface area (Å²) < 4.78 is 0. The Morgan fingerprint density at radius 2 is 1.91 bits per heavy atom. The van der Waals surface area contributed by atoms with Crippen molar-refractivity contribution in [3.63, 3.8) is 0 Å². The van der Waals surface area contributed by atoms with E-state index in [9.17, 15) is 4.79 Å². The second-order valence-electron chi connectivity index (χ2n) is 6.10. The summed E-state index contributed by atoms with van der Waals surface area (Å²) in [5, 5.41) is 0.635. The Morgan fingerprint density at radius 3 is 2.50 bits per heavy atom. The van der Waals surface area contributed by atoms with Crippen LogP contribution in [-0.2, 0) is 11.3 Å². The summed E-state index contributed by atoms with van der Waals surface area (Å²) in [6.45, 7) is 4.54. The van der Waals surface area contributed by atoms with Gasteiger partial charge >= 0.3 is 0 Å². The number of carbonyl (C=O) groups excluding carboxylic acids is 1. The molecule has 3 rings (SSSR count). The smallest absolute Gasteiger partial charge is 0.225 e. The highest BCUT2D eigenvalue weighted by atomic mass is 35.5. The van der Waals surface area contributed by atoms with Crippen LogP contribution in [0.2, 0.25) is 0 Å². The molecule has 2 N–H and O–H groups in total. The van der Waals surface area contributed by atoms with Gasteiger partial charge in [0.05, 0.1) is 0 Å². The van der Waals surface area contributed by atoms with Gasteiger partial charge in [-0.25, -0.2) is 4.98 Å². The van der Waals surface area contributed by atoms with Crippen LogP contribution in [-0.4, -0.2) is 46.9 Å². The van der Waals surface area contributed by atoms with Crippen LogP contribution in [0.1, 0.15) is 37.0 Å². The summed E-state index contributed by atoms with van der Waals surface area (Å²) in [5.74, 6) is 0.697. The van der Waals surface area contributed by atoms with Crippen molar-refractivity contribution in [2.75, 3.05) is 31.9 Å². The number of anilines is 1. The predicted molar refractivity (Wildman–Crippen MR) is 92.2 cm³/mol. The van der Waals surface area contributed by atoms with Gasteiger partial charge in [-0.15, -0.1) is 23.7 Å². The molecule has 1 aliphatic heterocycles. The molecular weight excluding hydrogens is 320 g/mol. The molecule has 1 saturated heterocycles. The van der Waals surface area contributed by atoms with E-state index in [4.69, 9.17) is 5.73 Å². The highest BCUT2D eigenvalue weighted by Crippen LogP contribution is 2.26. The first-order chi connectivity index (χ1) is 10.2. The van der Waals surface area contributed by atoms with Crippen LogP contribution in [0.5, 0.6) is 0 Å². The first kappa shape index (κ1) is 17.5. The molecule has 2 aliphatic rings. The number of halogens is 1. The fourth-order valence-corrected chi connectivity index (χ4v) is 4.08. The Labute approximate surface area is 142 Å². The highest BCUT2D eigenvalue weighted by Gasteiger charge is 2.28. The van der Waals surface area contributed by atoms with Crippen molar-refractivity contribution < 1.29 is 4.79 Å². The van der Waals surface area contributed by atoms with E-state index in [0.29, 0.717) is 17.0 Å². The van der Waals surface area contributed by atoms with Gasteiger partial charge in [-0.2, -0.15) is 0 Å². The van der Waals surface area contributed by atoms with Crippen molar-refractivity contribution >= 4 is 34.8 Å². The zero-order valence-electron chi connectivity index (χ0n) is 12.9. The normalized spacial score (nSPS) is 20.6. The van der Waals surface area contributed by atoms with E-state index < -0.39 is 0 Å². The summed E-state index contributed by atoms with van der Waals surface area (Å²) in [4.78, 5) is 22.3. The molecule has 0 atom stereocenters. The van der Waals surface area contributed by atoms with Crippen molar-refractivity contribution in [3.8, 4) is 0 Å². The second kappa shape index (κ2) is 8.13. The van der Waals surface area contributed by atoms with E-state index in [0.717, 1.165) is 45.6 Å². The topological polar surface area (TPSA) is 62.5 Å². The number of rotatable bonds is 3. The molecule has 0 unspecified atom stereocenters. The van der Waals surface area contributed by atoms with E-state index in [-0.39, 0.29) is 12.4 Å². The van der Waals surface area contributed by atoms with Crippen LogP contribution in [0.15, 0.2) is 6.20 Å². The van der Waals surface area contributed by atoms with Crippen molar-refractivity contribution in [2.24, 2.45) is 5.92 Å². The Hall–Kier alpha value is -0.850. The van der Waals surface area contributed by atoms with Crippen molar-refractivity contribution in [2.45, 2.75) is 38.6 Å². The molecular formula is C15H25ClN4OS. The summed E-state index contributed by atoms with van der Waals surface area (Å²) in [6.07, 6.45) is 7.81. The number of aromatic nitrogens is 1. The Kier molecular flexibility index (Phi) is 6.47. The number of hydrogen-bond acceptors (Lipinski definition) is 5. The lowest BCUT2D eigenvalue weighted by Crippen LogP contribution is -2.50. The largest absolute Gasteiger partial charge is 0.375 e. The fraction of sp³-hybridized carbons (Fsp3) is 0.733. The molecule has 1 aliphatic carbocycles. The molecule has 1 saturated carbocycles. The zero-order valence-corrected chi connectivity index (χ0v) is 14.5. The summed E-state index contributed by atoms with van der Waals surface area (Å²) >= 11 is 1.56. The minimum atomic E-state index is 0. The monoisotopic (exact) mass is 344 g/mol. The molecule has 22 heavy (non-hydrogen) atoms. The first-order valence-electron chi connectivity index (χ1n) is 7.93. The molecule has 5 nitrogen and oxygen atoms in total. The number of amides is 1. The molecule has 0 spiro atoms. The number of nitrogens with two attached hydrogens (primary N) is 1. The lowest BCUT2D eigenvalue weighted by molar-refractivity contribution is -0.138. The molecule has 0 bridgehead atoms. The van der Waals surface area contributed by atoms with Crippen LogP contribution in [0, 0.1) is 5.92 Å². The van der Waals surface area contributed by atoms with Gasteiger partial charge in [0.1, 0.15) is 0 Å². The van der Waals surface area contributed by atoms with E-state index in [1.54, 1.807) is 11.3 Å². The predicted octanol–water partition coefficient (Wildman–Crippen LogP) is 2.37. The number of nitrogen functional groups attached to an aromatic ring is 1. The maximum absolute atomic E-state index is 12.5. The Morgan fingerprint density at radius 1 is 1.23 bits per heavy atom. The van der Waals surface area contributed by atoms with Crippen LogP contribution < -0.4 is 5.73 Å². The van der Waals surface area contributed by atoms with Crippen LogP contribution >= 0.6 is 23.7 Å². The van der Waals surface area contributed by atoms with Crippen LogP contribution in [0.4, 0.5) is 5.13 Å². The maximum Gasteiger partial charge on any atom is 0.225 e. The highest BCUT2D eigenvalue weighted by molar-refractivity contribution is 7.15. The van der Waals surface area contributed by atoms with Gasteiger partial charge in [0, 0.05) is 49.7 Å². The number of thiazole rings is 1. The maximum atomic E-state index is 12.5. The molecule has 124 valence electrons. The SMILES string of the molecule is Cl.Nc1ncc(CN2CCN(C(=O)C3CCCCC3)CC2)s1. The van der Waals surface area contributed by atoms with Crippen molar-refractivity contribution in [3.05, 3.63) is 11.1 Å². The summed E-state index contributed by atoms with van der Waals surface area (Å²) in [7, 11) is 0. The molecule has 2 heterocycles. The average Bonchev–Trinajstić information content (AvgIpc) is 2.93. The van der Waals surface area contributed by atoms with Crippen LogP contribution in [0.25, 0.3) is 0 Å². The second-order valence-corrected chi connectivity index (χ2v) is 7.25. The van der Waals surface area contributed by atoms with Gasteiger partial charge in [-0.3, -0.25) is 9.69 Å². The molecule has 1 amide bonds. The lowest BCUT2D eigenvalue weighted by atomic mass is 9.88. The third kappa shape index (κ3) is 4.33. The third-order valence-electron chi connectivity index (χ3n) is 4.59. The molecule has 1 aromatic rings.